The van der Waals surface area contributed by atoms with Crippen LogP contribution >= 0.6 is 0 Å². The molecular weight excluding hydrogens is 492 g/mol. The molecule has 1 spiro atoms. The Morgan fingerprint density at radius 2 is 1.87 bits per heavy atom. The van der Waals surface area contributed by atoms with Crippen molar-refractivity contribution in [3.05, 3.63) is 64.7 Å². The largest absolute Gasteiger partial charge is 0.357 e. The summed E-state index contributed by atoms with van der Waals surface area (Å²) in [6, 6.07) is 13.3. The number of para-hydroxylation sites is 1. The number of aldehydes is 1. The molecule has 0 radical (unpaired) electrons. The summed E-state index contributed by atoms with van der Waals surface area (Å²) in [5, 5.41) is 5.72. The normalized spacial score (nSPS) is 18.5. The van der Waals surface area contributed by atoms with Gasteiger partial charge >= 0.3 is 0 Å². The molecule has 39 heavy (non-hydrogen) atoms. The summed E-state index contributed by atoms with van der Waals surface area (Å²) in [4.78, 5) is 53.4. The summed E-state index contributed by atoms with van der Waals surface area (Å²) in [5.41, 5.74) is 4.62. The first-order chi connectivity index (χ1) is 19.0. The van der Waals surface area contributed by atoms with Crippen molar-refractivity contribution in [3.8, 4) is 0 Å². The van der Waals surface area contributed by atoms with Crippen LogP contribution in [0.5, 0.6) is 0 Å². The maximum absolute atomic E-state index is 13.1. The molecule has 206 valence electrons. The van der Waals surface area contributed by atoms with Crippen molar-refractivity contribution < 1.29 is 19.2 Å². The van der Waals surface area contributed by atoms with Crippen LogP contribution in [0, 0.1) is 0 Å². The van der Waals surface area contributed by atoms with Gasteiger partial charge in [-0.1, -0.05) is 36.8 Å². The SMILES string of the molecule is CNC(=O)C(CCC=O)N1Cc2c(CCCCCN3CCC4(CC3)C(=O)Nc3ccccc34)cccc2C1=O. The number of nitrogens with one attached hydrogen (secondary N) is 2. The zero-order valence-corrected chi connectivity index (χ0v) is 22.7. The van der Waals surface area contributed by atoms with Crippen LogP contribution in [-0.4, -0.2) is 66.5 Å². The average Bonchev–Trinajstić information content (AvgIpc) is 3.43. The number of aryl methyl sites for hydroxylation is 1. The van der Waals surface area contributed by atoms with E-state index in [0.717, 1.165) is 81.3 Å². The molecule has 3 heterocycles. The molecule has 5 rings (SSSR count). The minimum Gasteiger partial charge on any atom is -0.357 e. The first-order valence-electron chi connectivity index (χ1n) is 14.2. The van der Waals surface area contributed by atoms with Gasteiger partial charge in [0.15, 0.2) is 0 Å². The Balaban J connectivity index is 1.10. The van der Waals surface area contributed by atoms with Crippen molar-refractivity contribution in [2.75, 3.05) is 32.0 Å². The third-order valence-electron chi connectivity index (χ3n) is 8.83. The van der Waals surface area contributed by atoms with Crippen molar-refractivity contribution in [2.24, 2.45) is 0 Å². The van der Waals surface area contributed by atoms with E-state index in [2.05, 4.69) is 27.7 Å². The highest BCUT2D eigenvalue weighted by Gasteiger charge is 2.48. The molecule has 1 unspecified atom stereocenters. The Hall–Kier alpha value is -3.52. The highest BCUT2D eigenvalue weighted by Crippen LogP contribution is 2.44. The Morgan fingerprint density at radius 1 is 1.08 bits per heavy atom. The number of rotatable bonds is 11. The second-order valence-electron chi connectivity index (χ2n) is 11.0. The van der Waals surface area contributed by atoms with Gasteiger partial charge < -0.3 is 25.2 Å². The molecule has 1 fully saturated rings. The molecule has 0 bridgehead atoms. The molecule has 3 aliphatic rings. The van der Waals surface area contributed by atoms with Crippen molar-refractivity contribution in [3.63, 3.8) is 0 Å². The van der Waals surface area contributed by atoms with Gasteiger partial charge in [-0.15, -0.1) is 0 Å². The lowest BCUT2D eigenvalue weighted by molar-refractivity contribution is -0.125. The van der Waals surface area contributed by atoms with Gasteiger partial charge in [0.2, 0.25) is 11.8 Å². The van der Waals surface area contributed by atoms with Crippen LogP contribution in [0.4, 0.5) is 5.69 Å². The molecular formula is C31H38N4O4. The summed E-state index contributed by atoms with van der Waals surface area (Å²) in [6.45, 7) is 3.31. The molecule has 8 heteroatoms. The molecule has 2 N–H and O–H groups in total. The number of fused-ring (bicyclic) bond motifs is 3. The van der Waals surface area contributed by atoms with Gasteiger partial charge in [-0.05, 0) is 87.0 Å². The second-order valence-corrected chi connectivity index (χ2v) is 11.0. The van der Waals surface area contributed by atoms with E-state index in [1.165, 1.54) is 5.56 Å². The predicted molar refractivity (Wildman–Crippen MR) is 149 cm³/mol. The molecule has 3 aliphatic heterocycles. The van der Waals surface area contributed by atoms with E-state index in [9.17, 15) is 19.2 Å². The van der Waals surface area contributed by atoms with E-state index in [0.29, 0.717) is 18.5 Å². The van der Waals surface area contributed by atoms with Crippen molar-refractivity contribution in [2.45, 2.75) is 69.4 Å². The molecule has 8 nitrogen and oxygen atoms in total. The van der Waals surface area contributed by atoms with Crippen LogP contribution in [-0.2, 0) is 32.8 Å². The van der Waals surface area contributed by atoms with Crippen LogP contribution in [0.2, 0.25) is 0 Å². The Bertz CT molecular complexity index is 1250. The smallest absolute Gasteiger partial charge is 0.255 e. The number of amides is 3. The summed E-state index contributed by atoms with van der Waals surface area (Å²) < 4.78 is 0. The third-order valence-corrected chi connectivity index (χ3v) is 8.83. The Morgan fingerprint density at radius 3 is 2.64 bits per heavy atom. The first kappa shape index (κ1) is 27.1. The van der Waals surface area contributed by atoms with Gasteiger partial charge in [-0.25, -0.2) is 0 Å². The second kappa shape index (κ2) is 11.7. The fourth-order valence-corrected chi connectivity index (χ4v) is 6.58. The fraction of sp³-hybridized carbons (Fsp3) is 0.484. The van der Waals surface area contributed by atoms with Crippen molar-refractivity contribution in [1.82, 2.24) is 15.1 Å². The minimum atomic E-state index is -0.639. The van der Waals surface area contributed by atoms with Crippen LogP contribution in [0.15, 0.2) is 42.5 Å². The monoisotopic (exact) mass is 530 g/mol. The quantitative estimate of drug-likeness (QED) is 0.343. The first-order valence-corrected chi connectivity index (χ1v) is 14.2. The summed E-state index contributed by atoms with van der Waals surface area (Å²) in [5.74, 6) is -0.213. The summed E-state index contributed by atoms with van der Waals surface area (Å²) in [6.07, 6.45) is 7.19. The number of carbonyl (C=O) groups is 4. The highest BCUT2D eigenvalue weighted by atomic mass is 16.2. The number of anilines is 1. The van der Waals surface area contributed by atoms with Crippen LogP contribution in [0.25, 0.3) is 0 Å². The molecule has 2 aromatic rings. The molecule has 0 aliphatic carbocycles. The molecule has 1 saturated heterocycles. The Labute approximate surface area is 230 Å². The van der Waals surface area contributed by atoms with Gasteiger partial charge in [0.05, 0.1) is 5.41 Å². The van der Waals surface area contributed by atoms with E-state index in [-0.39, 0.29) is 29.6 Å². The van der Waals surface area contributed by atoms with E-state index >= 15 is 0 Å². The number of nitrogens with zero attached hydrogens (tertiary/aromatic N) is 2. The molecule has 3 amide bonds. The summed E-state index contributed by atoms with van der Waals surface area (Å²) in [7, 11) is 1.56. The zero-order chi connectivity index (χ0) is 27.4. The number of piperidine rings is 1. The number of benzene rings is 2. The van der Waals surface area contributed by atoms with Gasteiger partial charge in [0.1, 0.15) is 12.3 Å². The standard InChI is InChI=1S/C31H38N4O4/c1-32-28(37)27(14-8-20-36)35-21-24-22(10-7-11-23(24)29(35)38)9-3-2-6-17-34-18-15-31(16-19-34)25-12-4-5-13-26(25)33-30(31)39/h4-5,7,10-13,20,27H,2-3,6,8-9,14-19,21H2,1H3,(H,32,37)(H,33,39). The topological polar surface area (TPSA) is 98.8 Å². The summed E-state index contributed by atoms with van der Waals surface area (Å²) >= 11 is 0. The van der Waals surface area contributed by atoms with E-state index < -0.39 is 6.04 Å². The van der Waals surface area contributed by atoms with Gasteiger partial charge in [0.25, 0.3) is 5.91 Å². The average molecular weight is 531 g/mol. The minimum absolute atomic E-state index is 0.132. The third kappa shape index (κ3) is 5.22. The van der Waals surface area contributed by atoms with E-state index in [1.54, 1.807) is 11.9 Å². The van der Waals surface area contributed by atoms with Crippen molar-refractivity contribution in [1.29, 1.82) is 0 Å². The maximum atomic E-state index is 13.1. The lowest BCUT2D eigenvalue weighted by atomic mass is 9.73. The van der Waals surface area contributed by atoms with E-state index in [1.807, 2.05) is 30.3 Å². The van der Waals surface area contributed by atoms with Gasteiger partial charge in [0, 0.05) is 31.3 Å². The molecule has 1 atom stereocenters. The van der Waals surface area contributed by atoms with Gasteiger partial charge in [-0.2, -0.15) is 0 Å². The number of likely N-dealkylation sites (N-methyl/N-ethyl adjacent to an activating group) is 1. The maximum Gasteiger partial charge on any atom is 0.255 e. The fourth-order valence-electron chi connectivity index (χ4n) is 6.58. The lowest BCUT2D eigenvalue weighted by Crippen LogP contribution is -2.46. The number of hydrogen-bond donors (Lipinski definition) is 2. The van der Waals surface area contributed by atoms with Crippen molar-refractivity contribution >= 4 is 29.7 Å². The molecule has 0 saturated carbocycles. The highest BCUT2D eigenvalue weighted by molar-refractivity contribution is 6.06. The van der Waals surface area contributed by atoms with Crippen LogP contribution < -0.4 is 10.6 Å². The lowest BCUT2D eigenvalue weighted by Gasteiger charge is -2.38. The number of carbonyl (C=O) groups excluding carboxylic acids is 4. The molecule has 2 aromatic carbocycles. The van der Waals surface area contributed by atoms with Crippen LogP contribution in [0.3, 0.4) is 0 Å². The van der Waals surface area contributed by atoms with Crippen LogP contribution in [0.1, 0.15) is 72.0 Å². The molecule has 0 aromatic heterocycles. The predicted octanol–water partition coefficient (Wildman–Crippen LogP) is 3.43. The number of hydrogen-bond acceptors (Lipinski definition) is 5. The van der Waals surface area contributed by atoms with E-state index in [4.69, 9.17) is 0 Å². The Kier molecular flexibility index (Phi) is 8.12. The number of likely N-dealkylation sites (tertiary alicyclic amines) is 1. The van der Waals surface area contributed by atoms with Gasteiger partial charge in [-0.3, -0.25) is 14.4 Å². The zero-order valence-electron chi connectivity index (χ0n) is 22.7. The number of unbranched alkanes of at least 4 members (excludes halogenated alkanes) is 2.